The summed E-state index contributed by atoms with van der Waals surface area (Å²) in [5.41, 5.74) is 0.602. The highest BCUT2D eigenvalue weighted by atomic mass is 16.4. The summed E-state index contributed by atoms with van der Waals surface area (Å²) in [6.45, 7) is 1.78. The zero-order valence-electron chi connectivity index (χ0n) is 9.46. The van der Waals surface area contributed by atoms with E-state index in [9.17, 15) is 9.59 Å². The second-order valence-corrected chi connectivity index (χ2v) is 4.08. The molecule has 4 heteroatoms. The molecular weight excluding hydrogens is 218 g/mol. The lowest BCUT2D eigenvalue weighted by atomic mass is 10.1. The van der Waals surface area contributed by atoms with E-state index in [4.69, 9.17) is 5.11 Å². The van der Waals surface area contributed by atoms with Gasteiger partial charge in [0.05, 0.1) is 11.4 Å². The van der Waals surface area contributed by atoms with Crippen LogP contribution in [0, 0.1) is 5.92 Å². The molecule has 0 amide bonds. The van der Waals surface area contributed by atoms with Crippen molar-refractivity contribution in [2.24, 2.45) is 5.92 Å². The van der Waals surface area contributed by atoms with Crippen LogP contribution in [0.1, 0.15) is 6.92 Å². The van der Waals surface area contributed by atoms with Gasteiger partial charge in [-0.1, -0.05) is 25.1 Å². The molecule has 2 rings (SSSR count). The average Bonchev–Trinajstić information content (AvgIpc) is 2.32. The molecule has 0 saturated carbocycles. The highest BCUT2D eigenvalue weighted by Crippen LogP contribution is 2.12. The van der Waals surface area contributed by atoms with Gasteiger partial charge >= 0.3 is 5.97 Å². The Morgan fingerprint density at radius 3 is 2.71 bits per heavy atom. The summed E-state index contributed by atoms with van der Waals surface area (Å²) in [7, 11) is 0. The normalized spacial score (nSPS) is 12.5. The van der Waals surface area contributed by atoms with E-state index in [0.29, 0.717) is 0 Å². The Labute approximate surface area is 98.1 Å². The number of carboxylic acid groups (broad SMARTS) is 1. The number of benzene rings is 1. The molecule has 4 nitrogen and oxygen atoms in total. The van der Waals surface area contributed by atoms with Crippen molar-refractivity contribution >= 4 is 16.9 Å². The van der Waals surface area contributed by atoms with Gasteiger partial charge in [-0.05, 0) is 17.5 Å². The highest BCUT2D eigenvalue weighted by Gasteiger charge is 2.13. The average molecular weight is 231 g/mol. The molecular formula is C13H13NO3. The van der Waals surface area contributed by atoms with Crippen LogP contribution in [0.2, 0.25) is 0 Å². The van der Waals surface area contributed by atoms with Gasteiger partial charge in [0.2, 0.25) is 0 Å². The van der Waals surface area contributed by atoms with Crippen LogP contribution in [0.15, 0.2) is 41.2 Å². The van der Waals surface area contributed by atoms with Crippen LogP contribution in [-0.4, -0.2) is 15.6 Å². The summed E-state index contributed by atoms with van der Waals surface area (Å²) >= 11 is 0. The molecule has 0 aliphatic carbocycles. The molecule has 1 N–H and O–H groups in total. The number of rotatable bonds is 3. The number of aliphatic carboxylic acids is 1. The topological polar surface area (TPSA) is 59.3 Å². The summed E-state index contributed by atoms with van der Waals surface area (Å²) in [4.78, 5) is 22.6. The van der Waals surface area contributed by atoms with Gasteiger partial charge in [0.15, 0.2) is 0 Å². The van der Waals surface area contributed by atoms with Crippen LogP contribution in [0.25, 0.3) is 10.9 Å². The number of hydrogen-bond acceptors (Lipinski definition) is 2. The number of nitrogens with zero attached hydrogens (tertiary/aromatic N) is 1. The van der Waals surface area contributed by atoms with Crippen LogP contribution in [0.4, 0.5) is 0 Å². The Morgan fingerprint density at radius 2 is 2.00 bits per heavy atom. The van der Waals surface area contributed by atoms with E-state index >= 15 is 0 Å². The third-order valence-electron chi connectivity index (χ3n) is 2.78. The number of para-hydroxylation sites is 1. The minimum Gasteiger partial charge on any atom is -0.481 e. The van der Waals surface area contributed by atoms with E-state index in [1.54, 1.807) is 13.0 Å². The Kier molecular flexibility index (Phi) is 2.95. The molecule has 1 aromatic heterocycles. The molecule has 0 bridgehead atoms. The summed E-state index contributed by atoms with van der Waals surface area (Å²) < 4.78 is 1.51. The van der Waals surface area contributed by atoms with Crippen LogP contribution in [0.3, 0.4) is 0 Å². The largest absolute Gasteiger partial charge is 0.481 e. The van der Waals surface area contributed by atoms with Gasteiger partial charge in [0.1, 0.15) is 0 Å². The second kappa shape index (κ2) is 4.41. The summed E-state index contributed by atoms with van der Waals surface area (Å²) in [6, 6.07) is 10.7. The monoisotopic (exact) mass is 231 g/mol. The molecule has 0 aliphatic heterocycles. The number of hydrogen-bond donors (Lipinski definition) is 1. The fourth-order valence-corrected chi connectivity index (χ4v) is 1.78. The first-order valence-electron chi connectivity index (χ1n) is 5.41. The molecule has 1 heterocycles. The van der Waals surface area contributed by atoms with Crippen LogP contribution in [-0.2, 0) is 11.3 Å². The number of carboxylic acids is 1. The van der Waals surface area contributed by atoms with E-state index in [2.05, 4.69) is 0 Å². The van der Waals surface area contributed by atoms with Crippen LogP contribution < -0.4 is 5.56 Å². The molecule has 17 heavy (non-hydrogen) atoms. The lowest BCUT2D eigenvalue weighted by Gasteiger charge is -2.12. The predicted octanol–water partition coefficient (Wildman–Crippen LogP) is 1.72. The molecule has 2 aromatic rings. The maximum atomic E-state index is 11.8. The summed E-state index contributed by atoms with van der Waals surface area (Å²) in [5.74, 6) is -1.48. The second-order valence-electron chi connectivity index (χ2n) is 4.08. The maximum Gasteiger partial charge on any atom is 0.308 e. The first-order valence-corrected chi connectivity index (χ1v) is 5.41. The van der Waals surface area contributed by atoms with Crippen molar-refractivity contribution in [1.29, 1.82) is 0 Å². The molecule has 0 radical (unpaired) electrons. The van der Waals surface area contributed by atoms with Crippen molar-refractivity contribution in [3.63, 3.8) is 0 Å². The minimum absolute atomic E-state index is 0.170. The van der Waals surface area contributed by atoms with E-state index in [1.165, 1.54) is 10.6 Å². The maximum absolute atomic E-state index is 11.8. The van der Waals surface area contributed by atoms with Gasteiger partial charge in [0, 0.05) is 12.6 Å². The van der Waals surface area contributed by atoms with Gasteiger partial charge in [0.25, 0.3) is 5.56 Å². The quantitative estimate of drug-likeness (QED) is 0.875. The van der Waals surface area contributed by atoms with Gasteiger partial charge in [-0.2, -0.15) is 0 Å². The molecule has 88 valence electrons. The van der Waals surface area contributed by atoms with Crippen LogP contribution in [0.5, 0.6) is 0 Å². The number of aromatic nitrogens is 1. The molecule has 0 aliphatic rings. The first-order chi connectivity index (χ1) is 8.09. The number of carbonyl (C=O) groups is 1. The fraction of sp³-hybridized carbons (Fsp3) is 0.231. The van der Waals surface area contributed by atoms with E-state index in [1.807, 2.05) is 24.3 Å². The SMILES string of the molecule is CC(Cn1c(=O)ccc2ccccc21)C(=O)O. The van der Waals surface area contributed by atoms with Gasteiger partial charge < -0.3 is 9.67 Å². The molecule has 1 atom stereocenters. The van der Waals surface area contributed by atoms with Crippen molar-refractivity contribution in [2.45, 2.75) is 13.5 Å². The zero-order valence-corrected chi connectivity index (χ0v) is 9.46. The number of fused-ring (bicyclic) bond motifs is 1. The Morgan fingerprint density at radius 1 is 1.29 bits per heavy atom. The van der Waals surface area contributed by atoms with Gasteiger partial charge in [-0.3, -0.25) is 9.59 Å². The Bertz CT molecular complexity index is 615. The zero-order chi connectivity index (χ0) is 12.4. The summed E-state index contributed by atoms with van der Waals surface area (Å²) in [5, 5.41) is 9.83. The molecule has 1 aromatic carbocycles. The molecule has 0 spiro atoms. The Hall–Kier alpha value is -2.10. The van der Waals surface area contributed by atoms with Crippen LogP contribution >= 0.6 is 0 Å². The van der Waals surface area contributed by atoms with E-state index < -0.39 is 11.9 Å². The van der Waals surface area contributed by atoms with Crippen molar-refractivity contribution < 1.29 is 9.90 Å². The third-order valence-corrected chi connectivity index (χ3v) is 2.78. The van der Waals surface area contributed by atoms with Gasteiger partial charge in [-0.25, -0.2) is 0 Å². The summed E-state index contributed by atoms with van der Waals surface area (Å²) in [6.07, 6.45) is 0. The standard InChI is InChI=1S/C13H13NO3/c1-9(13(16)17)8-14-11-5-3-2-4-10(11)6-7-12(14)15/h2-7,9H,8H2,1H3,(H,16,17). The van der Waals surface area contributed by atoms with Crippen molar-refractivity contribution in [3.8, 4) is 0 Å². The molecule has 1 unspecified atom stereocenters. The molecule has 0 saturated heterocycles. The van der Waals surface area contributed by atoms with Crippen molar-refractivity contribution in [1.82, 2.24) is 4.57 Å². The van der Waals surface area contributed by atoms with E-state index in [-0.39, 0.29) is 12.1 Å². The first kappa shape index (κ1) is 11.4. The van der Waals surface area contributed by atoms with Gasteiger partial charge in [-0.15, -0.1) is 0 Å². The predicted molar refractivity (Wildman–Crippen MR) is 65.0 cm³/mol. The van der Waals surface area contributed by atoms with Crippen molar-refractivity contribution in [3.05, 3.63) is 46.8 Å². The fourth-order valence-electron chi connectivity index (χ4n) is 1.78. The lowest BCUT2D eigenvalue weighted by Crippen LogP contribution is -2.26. The molecule has 0 fully saturated rings. The number of pyridine rings is 1. The van der Waals surface area contributed by atoms with Crippen molar-refractivity contribution in [2.75, 3.05) is 0 Å². The Balaban J connectivity index is 2.55. The lowest BCUT2D eigenvalue weighted by molar-refractivity contribution is -0.141. The third kappa shape index (κ3) is 2.20. The van der Waals surface area contributed by atoms with E-state index in [0.717, 1.165) is 10.9 Å². The minimum atomic E-state index is -0.898. The smallest absolute Gasteiger partial charge is 0.308 e. The highest BCUT2D eigenvalue weighted by molar-refractivity contribution is 5.79.